The highest BCUT2D eigenvalue weighted by molar-refractivity contribution is 7.80. The summed E-state index contributed by atoms with van der Waals surface area (Å²) in [6.45, 7) is 0. The van der Waals surface area contributed by atoms with Crippen molar-refractivity contribution in [3.63, 3.8) is 0 Å². The van der Waals surface area contributed by atoms with E-state index in [1.165, 1.54) is 0 Å². The first-order valence-electron chi connectivity index (χ1n) is 2.27. The van der Waals surface area contributed by atoms with Gasteiger partial charge in [0.25, 0.3) is 0 Å². The summed E-state index contributed by atoms with van der Waals surface area (Å²) in [6.07, 6.45) is 0. The average Bonchev–Trinajstić information content (AvgIpc) is 1.77. The van der Waals surface area contributed by atoms with Crippen LogP contribution in [-0.2, 0) is 0 Å². The van der Waals surface area contributed by atoms with Gasteiger partial charge in [-0.05, 0) is 24.3 Å². The molecule has 9 heavy (non-hydrogen) atoms. The molecule has 1 aromatic rings. The minimum atomic E-state index is 0. The van der Waals surface area contributed by atoms with Gasteiger partial charge in [0.05, 0.1) is 0 Å². The van der Waals surface area contributed by atoms with Crippen LogP contribution in [0.15, 0.2) is 29.2 Å². The number of hydrogen-bond acceptors (Lipinski definition) is 2. The summed E-state index contributed by atoms with van der Waals surface area (Å²) < 4.78 is 0. The van der Waals surface area contributed by atoms with E-state index in [4.69, 9.17) is 5.11 Å². The molecule has 2 heteroatoms. The molecule has 0 spiro atoms. The first kappa shape index (κ1) is 8.37. The smallest absolute Gasteiger partial charge is 0.115 e. The SMILES string of the molecule is C.Oc1ccc(S)cc1. The van der Waals surface area contributed by atoms with E-state index in [0.717, 1.165) is 4.90 Å². The maximum atomic E-state index is 8.72. The number of phenolic OH excluding ortho intramolecular Hbond substituents is 1. The van der Waals surface area contributed by atoms with Crippen molar-refractivity contribution in [3.8, 4) is 5.75 Å². The molecule has 0 saturated heterocycles. The summed E-state index contributed by atoms with van der Waals surface area (Å²) in [5.41, 5.74) is 0. The zero-order valence-electron chi connectivity index (χ0n) is 4.20. The van der Waals surface area contributed by atoms with Crippen LogP contribution >= 0.6 is 12.6 Å². The van der Waals surface area contributed by atoms with Gasteiger partial charge in [0.1, 0.15) is 5.75 Å². The number of rotatable bonds is 0. The topological polar surface area (TPSA) is 20.2 Å². The average molecular weight is 142 g/mol. The van der Waals surface area contributed by atoms with E-state index in [-0.39, 0.29) is 13.2 Å². The van der Waals surface area contributed by atoms with Crippen molar-refractivity contribution in [2.45, 2.75) is 12.3 Å². The molecule has 1 nitrogen and oxygen atoms in total. The van der Waals surface area contributed by atoms with Crippen molar-refractivity contribution in [1.82, 2.24) is 0 Å². The van der Waals surface area contributed by atoms with Gasteiger partial charge in [-0.15, -0.1) is 12.6 Å². The van der Waals surface area contributed by atoms with Crippen LogP contribution in [0.2, 0.25) is 0 Å². The summed E-state index contributed by atoms with van der Waals surface area (Å²) >= 11 is 4.02. The molecule has 1 aromatic carbocycles. The molecular weight excluding hydrogens is 132 g/mol. The zero-order chi connectivity index (χ0) is 5.98. The summed E-state index contributed by atoms with van der Waals surface area (Å²) in [5, 5.41) is 8.72. The van der Waals surface area contributed by atoms with Crippen molar-refractivity contribution in [2.75, 3.05) is 0 Å². The highest BCUT2D eigenvalue weighted by Gasteiger charge is 1.82. The first-order valence-corrected chi connectivity index (χ1v) is 2.72. The van der Waals surface area contributed by atoms with Crippen LogP contribution in [0.4, 0.5) is 0 Å². The van der Waals surface area contributed by atoms with Crippen molar-refractivity contribution in [2.24, 2.45) is 0 Å². The molecule has 0 fully saturated rings. The van der Waals surface area contributed by atoms with E-state index in [2.05, 4.69) is 12.6 Å². The Morgan fingerprint density at radius 2 is 1.56 bits per heavy atom. The predicted octanol–water partition coefficient (Wildman–Crippen LogP) is 2.32. The second kappa shape index (κ2) is 3.41. The normalized spacial score (nSPS) is 8.11. The van der Waals surface area contributed by atoms with Crippen LogP contribution < -0.4 is 0 Å². The summed E-state index contributed by atoms with van der Waals surface area (Å²) in [6, 6.07) is 6.67. The van der Waals surface area contributed by atoms with Crippen molar-refractivity contribution >= 4 is 12.6 Å². The minimum Gasteiger partial charge on any atom is -0.508 e. The number of benzene rings is 1. The van der Waals surface area contributed by atoms with Crippen LogP contribution in [0, 0.1) is 0 Å². The molecule has 50 valence electrons. The monoisotopic (exact) mass is 142 g/mol. The fraction of sp³-hybridized carbons (Fsp3) is 0.143. The number of aromatic hydroxyl groups is 1. The number of thiol groups is 1. The van der Waals surface area contributed by atoms with Gasteiger partial charge in [0.15, 0.2) is 0 Å². The largest absolute Gasteiger partial charge is 0.508 e. The lowest BCUT2D eigenvalue weighted by atomic mass is 10.3. The molecule has 0 radical (unpaired) electrons. The number of hydrogen-bond donors (Lipinski definition) is 2. The first-order chi connectivity index (χ1) is 3.79. The van der Waals surface area contributed by atoms with Gasteiger partial charge in [0.2, 0.25) is 0 Å². The quantitative estimate of drug-likeness (QED) is 0.533. The molecule has 0 aliphatic rings. The second-order valence-corrected chi connectivity index (χ2v) is 2.03. The highest BCUT2D eigenvalue weighted by atomic mass is 32.1. The maximum absolute atomic E-state index is 8.72. The van der Waals surface area contributed by atoms with E-state index in [9.17, 15) is 0 Å². The lowest BCUT2D eigenvalue weighted by Gasteiger charge is -1.88. The van der Waals surface area contributed by atoms with Crippen LogP contribution in [0.25, 0.3) is 0 Å². The molecule has 0 aliphatic carbocycles. The third-order valence-electron chi connectivity index (χ3n) is 0.850. The zero-order valence-corrected chi connectivity index (χ0v) is 5.10. The fourth-order valence-electron chi connectivity index (χ4n) is 0.453. The molecule has 0 saturated carbocycles. The molecule has 0 bridgehead atoms. The highest BCUT2D eigenvalue weighted by Crippen LogP contribution is 2.11. The Morgan fingerprint density at radius 1 is 1.11 bits per heavy atom. The van der Waals surface area contributed by atoms with Crippen LogP contribution in [-0.4, -0.2) is 5.11 Å². The summed E-state index contributed by atoms with van der Waals surface area (Å²) in [7, 11) is 0. The molecule has 1 rings (SSSR count). The summed E-state index contributed by atoms with van der Waals surface area (Å²) in [5.74, 6) is 0.280. The fourth-order valence-corrected chi connectivity index (χ4v) is 0.602. The van der Waals surface area contributed by atoms with Gasteiger partial charge < -0.3 is 5.11 Å². The van der Waals surface area contributed by atoms with Gasteiger partial charge >= 0.3 is 0 Å². The van der Waals surface area contributed by atoms with E-state index in [1.807, 2.05) is 0 Å². The van der Waals surface area contributed by atoms with Crippen molar-refractivity contribution in [1.29, 1.82) is 0 Å². The van der Waals surface area contributed by atoms with Crippen molar-refractivity contribution < 1.29 is 5.11 Å². The lowest BCUT2D eigenvalue weighted by molar-refractivity contribution is 0.475. The van der Waals surface area contributed by atoms with Gasteiger partial charge in [-0.2, -0.15) is 0 Å². The molecule has 0 amide bonds. The Balaban J connectivity index is 0.000000640. The molecule has 0 aromatic heterocycles. The van der Waals surface area contributed by atoms with Gasteiger partial charge in [-0.3, -0.25) is 0 Å². The van der Waals surface area contributed by atoms with Gasteiger partial charge in [0, 0.05) is 4.90 Å². The molecule has 0 unspecified atom stereocenters. The molecular formula is C7H10OS. The molecule has 0 heterocycles. The molecule has 0 aliphatic heterocycles. The van der Waals surface area contributed by atoms with E-state index >= 15 is 0 Å². The predicted molar refractivity (Wildman–Crippen MR) is 42.1 cm³/mol. The molecule has 1 N–H and O–H groups in total. The Morgan fingerprint density at radius 3 is 1.89 bits per heavy atom. The minimum absolute atomic E-state index is 0. The Kier molecular flexibility index (Phi) is 3.17. The van der Waals surface area contributed by atoms with E-state index in [1.54, 1.807) is 24.3 Å². The third kappa shape index (κ3) is 2.42. The van der Waals surface area contributed by atoms with Crippen LogP contribution in [0.3, 0.4) is 0 Å². The summed E-state index contributed by atoms with van der Waals surface area (Å²) in [4.78, 5) is 0.864. The lowest BCUT2D eigenvalue weighted by Crippen LogP contribution is -1.62. The Hall–Kier alpha value is -0.630. The Bertz CT molecular complexity index is 148. The van der Waals surface area contributed by atoms with E-state index < -0.39 is 0 Å². The molecule has 0 atom stereocenters. The van der Waals surface area contributed by atoms with Crippen LogP contribution in [0.5, 0.6) is 5.75 Å². The van der Waals surface area contributed by atoms with Gasteiger partial charge in [-0.25, -0.2) is 0 Å². The second-order valence-electron chi connectivity index (χ2n) is 1.52. The van der Waals surface area contributed by atoms with Crippen LogP contribution in [0.1, 0.15) is 7.43 Å². The maximum Gasteiger partial charge on any atom is 0.115 e. The third-order valence-corrected chi connectivity index (χ3v) is 1.15. The number of phenols is 1. The standard InChI is InChI=1S/C6H6OS.CH4/c7-5-1-3-6(8)4-2-5;/h1-4,7-8H;1H4. The van der Waals surface area contributed by atoms with E-state index in [0.29, 0.717) is 0 Å². The Labute approximate surface area is 60.8 Å². The van der Waals surface area contributed by atoms with Gasteiger partial charge in [-0.1, -0.05) is 7.43 Å². The van der Waals surface area contributed by atoms with Crippen molar-refractivity contribution in [3.05, 3.63) is 24.3 Å².